The van der Waals surface area contributed by atoms with Gasteiger partial charge in [-0.15, -0.1) is 0 Å². The van der Waals surface area contributed by atoms with Crippen molar-refractivity contribution in [2.75, 3.05) is 26.6 Å². The summed E-state index contributed by atoms with van der Waals surface area (Å²) in [7, 11) is 0. The van der Waals surface area contributed by atoms with E-state index in [9.17, 15) is 9.59 Å². The molecule has 1 heterocycles. The zero-order valence-electron chi connectivity index (χ0n) is 21.6. The number of hydroxylamine groups is 2. The average molecular weight is 492 g/mol. The van der Waals surface area contributed by atoms with E-state index >= 15 is 0 Å². The minimum atomic E-state index is -0.514. The van der Waals surface area contributed by atoms with Gasteiger partial charge in [-0.1, -0.05) is 12.1 Å². The molecule has 0 aromatic heterocycles. The van der Waals surface area contributed by atoms with Crippen molar-refractivity contribution in [3.8, 4) is 0 Å². The predicted molar refractivity (Wildman–Crippen MR) is 130 cm³/mol. The number of rotatable bonds is 11. The molecule has 2 aliphatic rings. The van der Waals surface area contributed by atoms with E-state index in [-0.39, 0.29) is 36.8 Å². The second-order valence-electron chi connectivity index (χ2n) is 10.3. The van der Waals surface area contributed by atoms with Crippen LogP contribution in [-0.4, -0.2) is 61.3 Å². The van der Waals surface area contributed by atoms with Crippen molar-refractivity contribution in [2.24, 2.45) is 5.92 Å². The van der Waals surface area contributed by atoms with Gasteiger partial charge >= 0.3 is 11.9 Å². The Morgan fingerprint density at radius 2 is 1.71 bits per heavy atom. The standard InChI is InChI=1S/C27H41NO7/c1-5-33-25(29)21-12-14-24(15-13-21)35-28-16-6-7-23(28)18-32-19-31-17-20-8-10-22(11-9-20)26(30)34-27(2,3)4/h8-11,21,23-24H,5-7,12-19H2,1-4H3. The molecule has 196 valence electrons. The van der Waals surface area contributed by atoms with Gasteiger partial charge < -0.3 is 18.9 Å². The molecule has 1 atom stereocenters. The molecule has 0 N–H and O–H groups in total. The van der Waals surface area contributed by atoms with Gasteiger partial charge in [0, 0.05) is 6.54 Å². The van der Waals surface area contributed by atoms with Gasteiger partial charge in [0.05, 0.1) is 43.4 Å². The van der Waals surface area contributed by atoms with Gasteiger partial charge in [-0.05, 0) is 83.9 Å². The first kappa shape index (κ1) is 27.6. The molecule has 8 heteroatoms. The van der Waals surface area contributed by atoms with Gasteiger partial charge in [0.2, 0.25) is 0 Å². The fourth-order valence-corrected chi connectivity index (χ4v) is 4.45. The van der Waals surface area contributed by atoms with Gasteiger partial charge in [-0.2, -0.15) is 5.06 Å². The lowest BCUT2D eigenvalue weighted by atomic mass is 9.87. The van der Waals surface area contributed by atoms with Crippen molar-refractivity contribution in [2.45, 2.75) is 90.6 Å². The molecule has 0 amide bonds. The van der Waals surface area contributed by atoms with Crippen molar-refractivity contribution in [3.05, 3.63) is 35.4 Å². The quantitative estimate of drug-likeness (QED) is 0.251. The highest BCUT2D eigenvalue weighted by Gasteiger charge is 2.32. The third-order valence-electron chi connectivity index (χ3n) is 6.24. The SMILES string of the molecule is CCOC(=O)C1CCC(ON2CCCC2COCOCc2ccc(C(=O)OC(C)(C)C)cc2)CC1. The topological polar surface area (TPSA) is 83.5 Å². The van der Waals surface area contributed by atoms with Crippen LogP contribution in [0.5, 0.6) is 0 Å². The lowest BCUT2D eigenvalue weighted by molar-refractivity contribution is -0.226. The van der Waals surface area contributed by atoms with Crippen LogP contribution >= 0.6 is 0 Å². The number of nitrogens with zero attached hydrogens (tertiary/aromatic N) is 1. The zero-order chi connectivity index (χ0) is 25.3. The smallest absolute Gasteiger partial charge is 0.338 e. The fourth-order valence-electron chi connectivity index (χ4n) is 4.45. The van der Waals surface area contributed by atoms with Gasteiger partial charge in [0.1, 0.15) is 12.4 Å². The Kier molecular flexibility index (Phi) is 10.5. The molecule has 1 aliphatic carbocycles. The first-order valence-corrected chi connectivity index (χ1v) is 12.8. The molecule has 3 rings (SSSR count). The molecule has 2 fully saturated rings. The van der Waals surface area contributed by atoms with Crippen LogP contribution < -0.4 is 0 Å². The summed E-state index contributed by atoms with van der Waals surface area (Å²) in [5.41, 5.74) is 0.973. The molecule has 1 saturated heterocycles. The van der Waals surface area contributed by atoms with Crippen molar-refractivity contribution < 1.29 is 33.4 Å². The van der Waals surface area contributed by atoms with Gasteiger partial charge in [-0.25, -0.2) is 4.79 Å². The summed E-state index contributed by atoms with van der Waals surface area (Å²) >= 11 is 0. The Morgan fingerprint density at radius 1 is 1.00 bits per heavy atom. The Balaban J connectivity index is 1.31. The van der Waals surface area contributed by atoms with Crippen molar-refractivity contribution >= 4 is 11.9 Å². The average Bonchev–Trinajstić information content (AvgIpc) is 3.25. The lowest BCUT2D eigenvalue weighted by Gasteiger charge is -2.32. The maximum atomic E-state index is 12.1. The maximum absolute atomic E-state index is 12.1. The second-order valence-corrected chi connectivity index (χ2v) is 10.3. The summed E-state index contributed by atoms with van der Waals surface area (Å²) in [5.74, 6) is -0.390. The maximum Gasteiger partial charge on any atom is 0.338 e. The van der Waals surface area contributed by atoms with Crippen LogP contribution in [-0.2, 0) is 35.2 Å². The van der Waals surface area contributed by atoms with Crippen LogP contribution in [0.3, 0.4) is 0 Å². The summed E-state index contributed by atoms with van der Waals surface area (Å²) < 4.78 is 22.0. The van der Waals surface area contributed by atoms with Gasteiger partial charge in [0.25, 0.3) is 0 Å². The van der Waals surface area contributed by atoms with E-state index in [0.29, 0.717) is 25.4 Å². The highest BCUT2D eigenvalue weighted by molar-refractivity contribution is 5.89. The first-order chi connectivity index (χ1) is 16.7. The van der Waals surface area contributed by atoms with Crippen LogP contribution in [0.15, 0.2) is 24.3 Å². The molecule has 0 bridgehead atoms. The Morgan fingerprint density at radius 3 is 2.37 bits per heavy atom. The molecule has 1 aromatic rings. The number of carbonyl (C=O) groups is 2. The molecule has 35 heavy (non-hydrogen) atoms. The number of benzene rings is 1. The monoisotopic (exact) mass is 491 g/mol. The van der Waals surface area contributed by atoms with E-state index < -0.39 is 5.60 Å². The molecule has 8 nitrogen and oxygen atoms in total. The Labute approximate surface area is 209 Å². The normalized spacial score (nSPS) is 23.3. The summed E-state index contributed by atoms with van der Waals surface area (Å²) in [6.45, 7) is 9.89. The molecule has 1 saturated carbocycles. The minimum Gasteiger partial charge on any atom is -0.466 e. The molecule has 0 radical (unpaired) electrons. The summed E-state index contributed by atoms with van der Waals surface area (Å²) in [4.78, 5) is 30.3. The molecule has 1 unspecified atom stereocenters. The molecule has 1 aromatic carbocycles. The Hall–Kier alpha value is -2.00. The largest absolute Gasteiger partial charge is 0.466 e. The summed E-state index contributed by atoms with van der Waals surface area (Å²) in [6.07, 6.45) is 5.67. The predicted octanol–water partition coefficient (Wildman–Crippen LogP) is 4.65. The zero-order valence-corrected chi connectivity index (χ0v) is 21.6. The van der Waals surface area contributed by atoms with Gasteiger partial charge in [-0.3, -0.25) is 9.63 Å². The van der Waals surface area contributed by atoms with Crippen molar-refractivity contribution in [3.63, 3.8) is 0 Å². The minimum absolute atomic E-state index is 0.0122. The van der Waals surface area contributed by atoms with E-state index in [1.54, 1.807) is 12.1 Å². The van der Waals surface area contributed by atoms with E-state index in [2.05, 4.69) is 5.06 Å². The third-order valence-corrected chi connectivity index (χ3v) is 6.24. The van der Waals surface area contributed by atoms with E-state index in [1.165, 1.54) is 0 Å². The second kappa shape index (κ2) is 13.3. The first-order valence-electron chi connectivity index (χ1n) is 12.8. The van der Waals surface area contributed by atoms with E-state index in [4.69, 9.17) is 23.8 Å². The highest BCUT2D eigenvalue weighted by Crippen LogP contribution is 2.30. The molecular formula is C27H41NO7. The van der Waals surface area contributed by atoms with Gasteiger partial charge in [0.15, 0.2) is 0 Å². The number of esters is 2. The summed E-state index contributed by atoms with van der Waals surface area (Å²) in [6, 6.07) is 7.45. The van der Waals surface area contributed by atoms with Crippen LogP contribution in [0.1, 0.15) is 82.1 Å². The number of ether oxygens (including phenoxy) is 4. The Bertz CT molecular complexity index is 797. The van der Waals surface area contributed by atoms with Crippen LogP contribution in [0.2, 0.25) is 0 Å². The third kappa shape index (κ3) is 9.18. The molecule has 1 aliphatic heterocycles. The van der Waals surface area contributed by atoms with Crippen molar-refractivity contribution in [1.82, 2.24) is 5.06 Å². The fraction of sp³-hybridized carbons (Fsp3) is 0.704. The van der Waals surface area contributed by atoms with E-state index in [1.807, 2.05) is 39.8 Å². The van der Waals surface area contributed by atoms with Crippen molar-refractivity contribution in [1.29, 1.82) is 0 Å². The number of hydrogen-bond donors (Lipinski definition) is 0. The molecular weight excluding hydrogens is 450 g/mol. The lowest BCUT2D eigenvalue weighted by Crippen LogP contribution is -2.38. The number of hydrogen-bond acceptors (Lipinski definition) is 8. The molecule has 0 spiro atoms. The van der Waals surface area contributed by atoms with E-state index in [0.717, 1.165) is 50.6 Å². The number of carbonyl (C=O) groups excluding carboxylic acids is 2. The van der Waals surface area contributed by atoms with Crippen LogP contribution in [0.4, 0.5) is 0 Å². The van der Waals surface area contributed by atoms with Crippen LogP contribution in [0, 0.1) is 5.92 Å². The van der Waals surface area contributed by atoms with Crippen LogP contribution in [0.25, 0.3) is 0 Å². The highest BCUT2D eigenvalue weighted by atomic mass is 16.7. The summed E-state index contributed by atoms with van der Waals surface area (Å²) in [5, 5.41) is 2.06.